The summed E-state index contributed by atoms with van der Waals surface area (Å²) in [5.74, 6) is -1.68. The minimum absolute atomic E-state index is 0.0130. The summed E-state index contributed by atoms with van der Waals surface area (Å²) in [7, 11) is 1.47. The number of urea groups is 1. The van der Waals surface area contributed by atoms with Gasteiger partial charge in [0, 0.05) is 7.05 Å². The first-order valence-corrected chi connectivity index (χ1v) is 8.99. The summed E-state index contributed by atoms with van der Waals surface area (Å²) in [6, 6.07) is 9.89. The molecule has 1 aliphatic rings. The van der Waals surface area contributed by atoms with E-state index in [2.05, 4.69) is 5.32 Å². The molecule has 0 saturated heterocycles. The second-order valence-corrected chi connectivity index (χ2v) is 6.29. The van der Waals surface area contributed by atoms with E-state index in [1.54, 1.807) is 13.0 Å². The molecule has 3 rings (SSSR count). The van der Waals surface area contributed by atoms with Crippen molar-refractivity contribution >= 4 is 12.0 Å². The van der Waals surface area contributed by atoms with Crippen molar-refractivity contribution in [2.75, 3.05) is 20.3 Å². The zero-order chi connectivity index (χ0) is 21.0. The number of carbonyl (C=O) groups excluding carboxylic acids is 2. The van der Waals surface area contributed by atoms with Gasteiger partial charge in [-0.25, -0.2) is 18.4 Å². The average Bonchev–Trinajstić information content (AvgIpc) is 2.70. The normalized spacial score (nSPS) is 16.5. The number of hydrogen-bond donors (Lipinski definition) is 1. The Kier molecular flexibility index (Phi) is 6.11. The van der Waals surface area contributed by atoms with Crippen LogP contribution in [0, 0.1) is 11.6 Å². The maximum atomic E-state index is 13.9. The van der Waals surface area contributed by atoms with Crippen LogP contribution in [0.3, 0.4) is 0 Å². The fourth-order valence-electron chi connectivity index (χ4n) is 2.99. The van der Waals surface area contributed by atoms with Gasteiger partial charge in [-0.1, -0.05) is 24.3 Å². The monoisotopic (exact) mass is 402 g/mol. The molecular weight excluding hydrogens is 382 g/mol. The number of nitrogens with zero attached hydrogens (tertiary/aromatic N) is 1. The van der Waals surface area contributed by atoms with Gasteiger partial charge in [0.1, 0.15) is 12.4 Å². The van der Waals surface area contributed by atoms with Gasteiger partial charge < -0.3 is 14.8 Å². The molecule has 2 aromatic rings. The SMILES string of the molecule is CCOC(=O)C1=C(COc2ccccc2F)N(C)C(=O)N[C@@H]1c1ccc(F)cc1. The topological polar surface area (TPSA) is 67.9 Å². The molecule has 1 heterocycles. The number of nitrogens with one attached hydrogen (secondary N) is 1. The van der Waals surface area contributed by atoms with Crippen LogP contribution in [0.15, 0.2) is 59.8 Å². The van der Waals surface area contributed by atoms with Crippen LogP contribution in [0.2, 0.25) is 0 Å². The van der Waals surface area contributed by atoms with Gasteiger partial charge in [-0.15, -0.1) is 0 Å². The van der Waals surface area contributed by atoms with E-state index in [1.165, 1.54) is 54.4 Å². The number of ether oxygens (including phenoxy) is 2. The number of para-hydroxylation sites is 1. The maximum absolute atomic E-state index is 13.9. The average molecular weight is 402 g/mol. The quantitative estimate of drug-likeness (QED) is 0.751. The Morgan fingerprint density at radius 2 is 1.83 bits per heavy atom. The fourth-order valence-corrected chi connectivity index (χ4v) is 2.99. The molecule has 0 aliphatic carbocycles. The van der Waals surface area contributed by atoms with Gasteiger partial charge >= 0.3 is 12.0 Å². The Balaban J connectivity index is 2.04. The van der Waals surface area contributed by atoms with Crippen LogP contribution in [0.4, 0.5) is 13.6 Å². The lowest BCUT2D eigenvalue weighted by molar-refractivity contribution is -0.139. The van der Waals surface area contributed by atoms with Gasteiger partial charge in [-0.2, -0.15) is 0 Å². The van der Waals surface area contributed by atoms with Crippen LogP contribution in [-0.2, 0) is 9.53 Å². The zero-order valence-electron chi connectivity index (χ0n) is 15.9. The molecule has 29 heavy (non-hydrogen) atoms. The van der Waals surface area contributed by atoms with E-state index in [4.69, 9.17) is 9.47 Å². The smallest absolute Gasteiger partial charge is 0.338 e. The predicted octanol–water partition coefficient (Wildman–Crippen LogP) is 3.56. The third-order valence-electron chi connectivity index (χ3n) is 4.48. The molecule has 0 radical (unpaired) electrons. The molecular formula is C21H20F2N2O4. The Bertz CT molecular complexity index is 944. The molecule has 1 aliphatic heterocycles. The molecule has 2 amide bonds. The van der Waals surface area contributed by atoms with E-state index in [0.29, 0.717) is 5.56 Å². The Hall–Kier alpha value is -3.42. The van der Waals surface area contributed by atoms with E-state index in [1.807, 2.05) is 0 Å². The van der Waals surface area contributed by atoms with Crippen molar-refractivity contribution < 1.29 is 27.8 Å². The summed E-state index contributed by atoms with van der Waals surface area (Å²) < 4.78 is 38.0. The van der Waals surface area contributed by atoms with Crippen LogP contribution >= 0.6 is 0 Å². The van der Waals surface area contributed by atoms with E-state index < -0.39 is 29.7 Å². The Morgan fingerprint density at radius 3 is 2.48 bits per heavy atom. The molecule has 1 N–H and O–H groups in total. The molecule has 6 nitrogen and oxygen atoms in total. The van der Waals surface area contributed by atoms with Crippen molar-refractivity contribution in [1.29, 1.82) is 0 Å². The molecule has 1 atom stereocenters. The highest BCUT2D eigenvalue weighted by molar-refractivity contribution is 5.95. The molecule has 152 valence electrons. The van der Waals surface area contributed by atoms with Gasteiger partial charge in [0.2, 0.25) is 0 Å². The first kappa shape index (κ1) is 20.3. The molecule has 8 heteroatoms. The lowest BCUT2D eigenvalue weighted by Gasteiger charge is -2.34. The van der Waals surface area contributed by atoms with Crippen LogP contribution in [0.1, 0.15) is 18.5 Å². The Labute approximate surface area is 166 Å². The van der Waals surface area contributed by atoms with Crippen molar-refractivity contribution in [3.05, 3.63) is 77.0 Å². The van der Waals surface area contributed by atoms with Gasteiger partial charge in [0.25, 0.3) is 0 Å². The Morgan fingerprint density at radius 1 is 1.14 bits per heavy atom. The highest BCUT2D eigenvalue weighted by atomic mass is 19.1. The third-order valence-corrected chi connectivity index (χ3v) is 4.48. The van der Waals surface area contributed by atoms with Crippen LogP contribution < -0.4 is 10.1 Å². The summed E-state index contributed by atoms with van der Waals surface area (Å²) in [5, 5.41) is 2.71. The second-order valence-electron chi connectivity index (χ2n) is 6.29. The standard InChI is InChI=1S/C21H20F2N2O4/c1-3-28-20(26)18-16(12-29-17-7-5-4-6-15(17)23)25(2)21(27)24-19(18)13-8-10-14(22)11-9-13/h4-11,19H,3,12H2,1-2H3,(H,24,27)/t19-/m1/s1. The summed E-state index contributed by atoms with van der Waals surface area (Å²) in [6.45, 7) is 1.54. The van der Waals surface area contributed by atoms with E-state index in [-0.39, 0.29) is 30.2 Å². The third kappa shape index (κ3) is 4.37. The van der Waals surface area contributed by atoms with Crippen molar-refractivity contribution in [3.63, 3.8) is 0 Å². The predicted molar refractivity (Wildman–Crippen MR) is 101 cm³/mol. The van der Waals surface area contributed by atoms with E-state index in [0.717, 1.165) is 0 Å². The number of esters is 1. The second kappa shape index (κ2) is 8.72. The molecule has 2 aromatic carbocycles. The molecule has 0 spiro atoms. The first-order valence-electron chi connectivity index (χ1n) is 8.99. The number of carbonyl (C=O) groups is 2. The number of hydrogen-bond acceptors (Lipinski definition) is 4. The number of halogens is 2. The minimum Gasteiger partial charge on any atom is -0.484 e. The molecule has 0 saturated carbocycles. The highest BCUT2D eigenvalue weighted by Gasteiger charge is 2.37. The largest absolute Gasteiger partial charge is 0.484 e. The van der Waals surface area contributed by atoms with Crippen molar-refractivity contribution in [2.45, 2.75) is 13.0 Å². The van der Waals surface area contributed by atoms with Crippen LogP contribution in [-0.4, -0.2) is 37.2 Å². The van der Waals surface area contributed by atoms with E-state index in [9.17, 15) is 18.4 Å². The first-order chi connectivity index (χ1) is 13.9. The molecule has 0 fully saturated rings. The molecule has 0 unspecified atom stereocenters. The lowest BCUT2D eigenvalue weighted by Crippen LogP contribution is -2.48. The number of amides is 2. The van der Waals surface area contributed by atoms with Crippen molar-refractivity contribution in [1.82, 2.24) is 10.2 Å². The summed E-state index contributed by atoms with van der Waals surface area (Å²) >= 11 is 0. The fraction of sp³-hybridized carbons (Fsp3) is 0.238. The van der Waals surface area contributed by atoms with Gasteiger partial charge in [0.15, 0.2) is 11.6 Å². The number of rotatable bonds is 6. The van der Waals surface area contributed by atoms with Gasteiger partial charge in [-0.05, 0) is 36.8 Å². The summed E-state index contributed by atoms with van der Waals surface area (Å²) in [6.07, 6.45) is 0. The van der Waals surface area contributed by atoms with Crippen LogP contribution in [0.5, 0.6) is 5.75 Å². The number of likely N-dealkylation sites (N-methyl/N-ethyl adjacent to an activating group) is 1. The van der Waals surface area contributed by atoms with Gasteiger partial charge in [-0.3, -0.25) is 4.90 Å². The van der Waals surface area contributed by atoms with Crippen molar-refractivity contribution in [2.24, 2.45) is 0 Å². The van der Waals surface area contributed by atoms with Gasteiger partial charge in [0.05, 0.1) is 23.9 Å². The summed E-state index contributed by atoms with van der Waals surface area (Å²) in [5.41, 5.74) is 0.862. The lowest BCUT2D eigenvalue weighted by atomic mass is 9.94. The highest BCUT2D eigenvalue weighted by Crippen LogP contribution is 2.31. The molecule has 0 bridgehead atoms. The summed E-state index contributed by atoms with van der Waals surface area (Å²) in [4.78, 5) is 26.4. The molecule has 0 aromatic heterocycles. The van der Waals surface area contributed by atoms with E-state index >= 15 is 0 Å². The van der Waals surface area contributed by atoms with Crippen LogP contribution in [0.25, 0.3) is 0 Å². The number of benzene rings is 2. The maximum Gasteiger partial charge on any atom is 0.338 e. The van der Waals surface area contributed by atoms with Crippen molar-refractivity contribution in [3.8, 4) is 5.75 Å². The zero-order valence-corrected chi connectivity index (χ0v) is 15.9. The minimum atomic E-state index is -0.863.